The van der Waals surface area contributed by atoms with E-state index in [1.807, 2.05) is 25.1 Å². The van der Waals surface area contributed by atoms with Crippen molar-refractivity contribution in [3.63, 3.8) is 0 Å². The average Bonchev–Trinajstić information content (AvgIpc) is 2.26. The smallest absolute Gasteiger partial charge is 0.328 e. The second kappa shape index (κ2) is 6.41. The molecule has 0 unspecified atom stereocenters. The number of amides is 2. The molecule has 0 aliphatic heterocycles. The van der Waals surface area contributed by atoms with Crippen molar-refractivity contribution in [2.45, 2.75) is 46.3 Å². The predicted octanol–water partition coefficient (Wildman–Crippen LogP) is 2.85. The number of benzene rings is 1. The molecule has 0 radical (unpaired) electrons. The molecule has 0 saturated carbocycles. The van der Waals surface area contributed by atoms with Crippen LogP contribution in [0.25, 0.3) is 0 Å². The summed E-state index contributed by atoms with van der Waals surface area (Å²) in [5.74, 6) is -0.461. The Bertz CT molecular complexity index is 492. The molecule has 1 atom stereocenters. The van der Waals surface area contributed by atoms with Gasteiger partial charge in [0.25, 0.3) is 0 Å². The van der Waals surface area contributed by atoms with Crippen molar-refractivity contribution in [3.8, 4) is 0 Å². The fourth-order valence-electron chi connectivity index (χ4n) is 1.54. The van der Waals surface area contributed by atoms with Crippen molar-refractivity contribution in [2.24, 2.45) is 0 Å². The average molecular weight is 278 g/mol. The Kier molecular flexibility index (Phi) is 5.13. The minimum Gasteiger partial charge on any atom is -0.458 e. The van der Waals surface area contributed by atoms with Gasteiger partial charge in [-0.15, -0.1) is 0 Å². The van der Waals surface area contributed by atoms with Crippen LogP contribution < -0.4 is 10.6 Å². The van der Waals surface area contributed by atoms with Crippen molar-refractivity contribution >= 4 is 17.7 Å². The molecule has 0 spiro atoms. The van der Waals surface area contributed by atoms with Gasteiger partial charge in [-0.3, -0.25) is 0 Å². The number of carbonyl (C=O) groups excluding carboxylic acids is 2. The maximum atomic E-state index is 11.8. The number of esters is 1. The lowest BCUT2D eigenvalue weighted by molar-refractivity contribution is -0.156. The number of hydrogen-bond donors (Lipinski definition) is 2. The van der Waals surface area contributed by atoms with E-state index in [1.54, 1.807) is 33.8 Å². The van der Waals surface area contributed by atoms with Gasteiger partial charge >= 0.3 is 12.0 Å². The third-order valence-corrected chi connectivity index (χ3v) is 2.38. The summed E-state index contributed by atoms with van der Waals surface area (Å²) in [6.07, 6.45) is 0. The second-order valence-corrected chi connectivity index (χ2v) is 5.72. The van der Waals surface area contributed by atoms with Crippen molar-refractivity contribution in [1.82, 2.24) is 5.32 Å². The molecule has 0 fully saturated rings. The second-order valence-electron chi connectivity index (χ2n) is 5.72. The number of hydrogen-bond acceptors (Lipinski definition) is 3. The van der Waals surface area contributed by atoms with E-state index >= 15 is 0 Å². The molecule has 0 aliphatic rings. The van der Waals surface area contributed by atoms with Gasteiger partial charge in [-0.1, -0.05) is 12.1 Å². The molecule has 110 valence electrons. The largest absolute Gasteiger partial charge is 0.458 e. The van der Waals surface area contributed by atoms with Gasteiger partial charge < -0.3 is 15.4 Å². The molecule has 1 rings (SSSR count). The van der Waals surface area contributed by atoms with Gasteiger partial charge in [-0.05, 0) is 52.3 Å². The standard InChI is InChI=1S/C15H22N2O3/c1-10-7-6-8-12(9-10)17-14(19)16-11(2)13(18)20-15(3,4)5/h6-9,11H,1-5H3,(H2,16,17,19)/t11-/m0/s1. The zero-order chi connectivity index (χ0) is 15.3. The molecule has 0 aliphatic carbocycles. The fraction of sp³-hybridized carbons (Fsp3) is 0.467. The molecule has 0 bridgehead atoms. The van der Waals surface area contributed by atoms with Crippen LogP contribution in [0.15, 0.2) is 24.3 Å². The van der Waals surface area contributed by atoms with Crippen LogP contribution in [0.3, 0.4) is 0 Å². The SMILES string of the molecule is Cc1cccc(NC(=O)N[C@@H](C)C(=O)OC(C)(C)C)c1. The highest BCUT2D eigenvalue weighted by Gasteiger charge is 2.22. The highest BCUT2D eigenvalue weighted by molar-refractivity contribution is 5.92. The first-order chi connectivity index (χ1) is 9.17. The molecule has 20 heavy (non-hydrogen) atoms. The van der Waals surface area contributed by atoms with E-state index in [-0.39, 0.29) is 0 Å². The first-order valence-corrected chi connectivity index (χ1v) is 6.54. The molecule has 0 aromatic heterocycles. The number of rotatable bonds is 3. The molecule has 0 saturated heterocycles. The van der Waals surface area contributed by atoms with Crippen LogP contribution in [-0.4, -0.2) is 23.6 Å². The van der Waals surface area contributed by atoms with E-state index in [2.05, 4.69) is 10.6 Å². The third-order valence-electron chi connectivity index (χ3n) is 2.38. The lowest BCUT2D eigenvalue weighted by Gasteiger charge is -2.22. The van der Waals surface area contributed by atoms with Crippen LogP contribution >= 0.6 is 0 Å². The number of carbonyl (C=O) groups is 2. The van der Waals surface area contributed by atoms with Gasteiger partial charge in [0, 0.05) is 5.69 Å². The molecule has 5 heteroatoms. The van der Waals surface area contributed by atoms with Crippen LogP contribution in [0.1, 0.15) is 33.3 Å². The van der Waals surface area contributed by atoms with Crippen molar-refractivity contribution in [1.29, 1.82) is 0 Å². The minimum atomic E-state index is -0.709. The lowest BCUT2D eigenvalue weighted by Crippen LogP contribution is -2.43. The Morgan fingerprint density at radius 1 is 1.25 bits per heavy atom. The maximum absolute atomic E-state index is 11.8. The molecule has 1 aromatic carbocycles. The van der Waals surface area contributed by atoms with E-state index in [0.29, 0.717) is 5.69 Å². The van der Waals surface area contributed by atoms with E-state index in [9.17, 15) is 9.59 Å². The van der Waals surface area contributed by atoms with Gasteiger partial charge in [0.1, 0.15) is 11.6 Å². The minimum absolute atomic E-state index is 0.436. The predicted molar refractivity (Wildman–Crippen MR) is 78.6 cm³/mol. The Hall–Kier alpha value is -2.04. The first-order valence-electron chi connectivity index (χ1n) is 6.54. The Labute approximate surface area is 119 Å². The number of urea groups is 1. The Morgan fingerprint density at radius 2 is 1.90 bits per heavy atom. The number of aryl methyl sites for hydroxylation is 1. The molecule has 2 N–H and O–H groups in total. The van der Waals surface area contributed by atoms with Gasteiger partial charge in [0.05, 0.1) is 0 Å². The van der Waals surface area contributed by atoms with Gasteiger partial charge in [-0.2, -0.15) is 0 Å². The highest BCUT2D eigenvalue weighted by atomic mass is 16.6. The topological polar surface area (TPSA) is 67.4 Å². The molecule has 1 aromatic rings. The van der Waals surface area contributed by atoms with Crippen LogP contribution in [0.5, 0.6) is 0 Å². The zero-order valence-electron chi connectivity index (χ0n) is 12.6. The van der Waals surface area contributed by atoms with Crippen LogP contribution in [-0.2, 0) is 9.53 Å². The number of ether oxygens (including phenoxy) is 1. The van der Waals surface area contributed by atoms with Crippen molar-refractivity contribution in [3.05, 3.63) is 29.8 Å². The molecule has 2 amide bonds. The summed E-state index contributed by atoms with van der Waals surface area (Å²) in [6.45, 7) is 8.87. The Balaban J connectivity index is 2.52. The fourth-order valence-corrected chi connectivity index (χ4v) is 1.54. The van der Waals surface area contributed by atoms with Gasteiger partial charge in [0.2, 0.25) is 0 Å². The van der Waals surface area contributed by atoms with Gasteiger partial charge in [-0.25, -0.2) is 9.59 Å². The Morgan fingerprint density at radius 3 is 2.45 bits per heavy atom. The highest BCUT2D eigenvalue weighted by Crippen LogP contribution is 2.10. The maximum Gasteiger partial charge on any atom is 0.328 e. The summed E-state index contributed by atoms with van der Waals surface area (Å²) < 4.78 is 5.19. The number of anilines is 1. The van der Waals surface area contributed by atoms with Crippen LogP contribution in [0.2, 0.25) is 0 Å². The molecular formula is C15H22N2O3. The monoisotopic (exact) mass is 278 g/mol. The van der Waals surface area contributed by atoms with Crippen molar-refractivity contribution < 1.29 is 14.3 Å². The molecule has 5 nitrogen and oxygen atoms in total. The molecular weight excluding hydrogens is 256 g/mol. The van der Waals surface area contributed by atoms with Gasteiger partial charge in [0.15, 0.2) is 0 Å². The van der Waals surface area contributed by atoms with Crippen LogP contribution in [0, 0.1) is 6.92 Å². The van der Waals surface area contributed by atoms with Crippen LogP contribution in [0.4, 0.5) is 10.5 Å². The molecule has 0 heterocycles. The van der Waals surface area contributed by atoms with E-state index in [0.717, 1.165) is 5.56 Å². The van der Waals surface area contributed by atoms with E-state index in [1.165, 1.54) is 0 Å². The van der Waals surface area contributed by atoms with Crippen molar-refractivity contribution in [2.75, 3.05) is 5.32 Å². The lowest BCUT2D eigenvalue weighted by atomic mass is 10.2. The van der Waals surface area contributed by atoms with E-state index in [4.69, 9.17) is 4.74 Å². The number of nitrogens with one attached hydrogen (secondary N) is 2. The third kappa shape index (κ3) is 5.73. The van der Waals surface area contributed by atoms with E-state index < -0.39 is 23.6 Å². The summed E-state index contributed by atoms with van der Waals surface area (Å²) in [5.41, 5.74) is 1.15. The zero-order valence-corrected chi connectivity index (χ0v) is 12.6. The quantitative estimate of drug-likeness (QED) is 0.835. The summed E-state index contributed by atoms with van der Waals surface area (Å²) >= 11 is 0. The normalized spacial score (nSPS) is 12.4. The summed E-state index contributed by atoms with van der Waals surface area (Å²) in [4.78, 5) is 23.5. The summed E-state index contributed by atoms with van der Waals surface area (Å²) in [7, 11) is 0. The summed E-state index contributed by atoms with van der Waals surface area (Å²) in [5, 5.41) is 5.22. The summed E-state index contributed by atoms with van der Waals surface area (Å²) in [6, 6.07) is 6.27. The first kappa shape index (κ1) is 16.0.